The summed E-state index contributed by atoms with van der Waals surface area (Å²) in [5.41, 5.74) is 4.73. The number of fused-ring (bicyclic) bond motifs is 1. The average molecular weight is 217 g/mol. The van der Waals surface area contributed by atoms with E-state index < -0.39 is 0 Å². The summed E-state index contributed by atoms with van der Waals surface area (Å²) in [7, 11) is 2.03. The molecule has 2 rings (SSSR count). The molecule has 1 atom stereocenters. The van der Waals surface area contributed by atoms with Crippen molar-refractivity contribution in [1.82, 2.24) is 5.32 Å². The van der Waals surface area contributed by atoms with Crippen LogP contribution in [0.2, 0.25) is 0 Å². The number of hydrogen-bond acceptors (Lipinski definition) is 1. The molecule has 0 heterocycles. The minimum absolute atomic E-state index is 0.784. The lowest BCUT2D eigenvalue weighted by Gasteiger charge is -2.12. The fraction of sp³-hybridized carbons (Fsp3) is 0.600. The van der Waals surface area contributed by atoms with Gasteiger partial charge in [0, 0.05) is 0 Å². The van der Waals surface area contributed by atoms with Crippen molar-refractivity contribution < 1.29 is 0 Å². The van der Waals surface area contributed by atoms with Crippen LogP contribution in [0.25, 0.3) is 0 Å². The predicted molar refractivity (Wildman–Crippen MR) is 69.9 cm³/mol. The van der Waals surface area contributed by atoms with E-state index in [4.69, 9.17) is 0 Å². The second-order valence-corrected chi connectivity index (χ2v) is 5.16. The molecule has 1 N–H and O–H groups in total. The third-order valence-electron chi connectivity index (χ3n) is 3.63. The van der Waals surface area contributed by atoms with E-state index in [0.29, 0.717) is 0 Å². The molecule has 1 unspecified atom stereocenters. The van der Waals surface area contributed by atoms with Gasteiger partial charge in [-0.2, -0.15) is 0 Å². The van der Waals surface area contributed by atoms with Gasteiger partial charge in [0.25, 0.3) is 0 Å². The fourth-order valence-electron chi connectivity index (χ4n) is 2.65. The van der Waals surface area contributed by atoms with Crippen molar-refractivity contribution in [1.29, 1.82) is 0 Å². The Bertz CT molecular complexity index is 343. The Kier molecular flexibility index (Phi) is 4.00. The highest BCUT2D eigenvalue weighted by molar-refractivity contribution is 5.35. The van der Waals surface area contributed by atoms with E-state index in [-0.39, 0.29) is 0 Å². The van der Waals surface area contributed by atoms with Crippen molar-refractivity contribution >= 4 is 0 Å². The Morgan fingerprint density at radius 1 is 1.25 bits per heavy atom. The molecule has 16 heavy (non-hydrogen) atoms. The summed E-state index contributed by atoms with van der Waals surface area (Å²) >= 11 is 0. The van der Waals surface area contributed by atoms with Gasteiger partial charge in [-0.1, -0.05) is 25.1 Å². The van der Waals surface area contributed by atoms with Gasteiger partial charge in [0.2, 0.25) is 0 Å². The monoisotopic (exact) mass is 217 g/mol. The number of benzene rings is 1. The van der Waals surface area contributed by atoms with E-state index >= 15 is 0 Å². The highest BCUT2D eigenvalue weighted by Crippen LogP contribution is 2.24. The fourth-order valence-corrected chi connectivity index (χ4v) is 2.65. The zero-order chi connectivity index (χ0) is 11.4. The van der Waals surface area contributed by atoms with Crippen LogP contribution in [-0.4, -0.2) is 13.6 Å². The largest absolute Gasteiger partial charge is 0.320 e. The lowest BCUT2D eigenvalue weighted by Crippen LogP contribution is -2.12. The Balaban J connectivity index is 1.94. The summed E-state index contributed by atoms with van der Waals surface area (Å²) in [5, 5.41) is 3.23. The molecule has 0 amide bonds. The van der Waals surface area contributed by atoms with Gasteiger partial charge in [0.05, 0.1) is 0 Å². The molecule has 0 aliphatic heterocycles. The standard InChI is InChI=1S/C15H23N/c1-12(8-9-16-2)10-13-6-7-14-4-3-5-15(14)11-13/h6-7,11-12,16H,3-5,8-10H2,1-2H3. The molecule has 1 aliphatic carbocycles. The van der Waals surface area contributed by atoms with E-state index in [1.165, 1.54) is 37.7 Å². The van der Waals surface area contributed by atoms with Gasteiger partial charge in [0.1, 0.15) is 0 Å². The second kappa shape index (κ2) is 5.49. The zero-order valence-electron chi connectivity index (χ0n) is 10.6. The number of hydrogen-bond donors (Lipinski definition) is 1. The van der Waals surface area contributed by atoms with Crippen LogP contribution in [0.4, 0.5) is 0 Å². The van der Waals surface area contributed by atoms with E-state index in [0.717, 1.165) is 12.5 Å². The summed E-state index contributed by atoms with van der Waals surface area (Å²) in [6, 6.07) is 7.13. The lowest BCUT2D eigenvalue weighted by molar-refractivity contribution is 0.515. The molecular formula is C15H23N. The summed E-state index contributed by atoms with van der Waals surface area (Å²) in [5.74, 6) is 0.784. The van der Waals surface area contributed by atoms with E-state index in [1.807, 2.05) is 7.05 Å². The van der Waals surface area contributed by atoms with Crippen molar-refractivity contribution in [2.45, 2.75) is 39.0 Å². The van der Waals surface area contributed by atoms with Gasteiger partial charge in [0.15, 0.2) is 0 Å². The Hall–Kier alpha value is -0.820. The Labute approximate surface area is 99.3 Å². The number of aryl methyl sites for hydroxylation is 2. The maximum absolute atomic E-state index is 3.23. The molecule has 1 heteroatoms. The van der Waals surface area contributed by atoms with Crippen molar-refractivity contribution in [3.63, 3.8) is 0 Å². The SMILES string of the molecule is CNCCC(C)Cc1ccc2c(c1)CCC2. The quantitative estimate of drug-likeness (QED) is 0.799. The highest BCUT2D eigenvalue weighted by Gasteiger charge is 2.11. The van der Waals surface area contributed by atoms with Gasteiger partial charge < -0.3 is 5.32 Å². The van der Waals surface area contributed by atoms with Crippen LogP contribution in [-0.2, 0) is 19.3 Å². The number of rotatable bonds is 5. The van der Waals surface area contributed by atoms with Crippen LogP contribution >= 0.6 is 0 Å². The normalized spacial score (nSPS) is 16.1. The second-order valence-electron chi connectivity index (χ2n) is 5.16. The molecule has 0 spiro atoms. The summed E-state index contributed by atoms with van der Waals surface area (Å²) in [4.78, 5) is 0. The first-order valence-corrected chi connectivity index (χ1v) is 6.55. The Morgan fingerprint density at radius 2 is 2.06 bits per heavy atom. The first kappa shape index (κ1) is 11.7. The molecule has 88 valence electrons. The minimum atomic E-state index is 0.784. The molecule has 0 bridgehead atoms. The first-order valence-electron chi connectivity index (χ1n) is 6.55. The average Bonchev–Trinajstić information content (AvgIpc) is 2.73. The molecule has 0 aromatic heterocycles. The van der Waals surface area contributed by atoms with Gasteiger partial charge in [-0.05, 0) is 68.3 Å². The molecule has 1 aliphatic rings. The van der Waals surface area contributed by atoms with E-state index in [1.54, 1.807) is 11.1 Å². The van der Waals surface area contributed by atoms with Gasteiger partial charge in [-0.3, -0.25) is 0 Å². The zero-order valence-corrected chi connectivity index (χ0v) is 10.6. The number of nitrogens with one attached hydrogen (secondary N) is 1. The van der Waals surface area contributed by atoms with Crippen LogP contribution in [0.3, 0.4) is 0 Å². The van der Waals surface area contributed by atoms with Crippen molar-refractivity contribution in [2.75, 3.05) is 13.6 Å². The van der Waals surface area contributed by atoms with E-state index in [9.17, 15) is 0 Å². The third-order valence-corrected chi connectivity index (χ3v) is 3.63. The van der Waals surface area contributed by atoms with Crippen LogP contribution in [0, 0.1) is 5.92 Å². The Morgan fingerprint density at radius 3 is 2.88 bits per heavy atom. The van der Waals surface area contributed by atoms with Gasteiger partial charge in [-0.25, -0.2) is 0 Å². The summed E-state index contributed by atoms with van der Waals surface area (Å²) < 4.78 is 0. The van der Waals surface area contributed by atoms with E-state index in [2.05, 4.69) is 30.4 Å². The predicted octanol–water partition coefficient (Wildman–Crippen LogP) is 2.96. The molecule has 1 aromatic rings. The van der Waals surface area contributed by atoms with Crippen molar-refractivity contribution in [3.05, 3.63) is 34.9 Å². The maximum Gasteiger partial charge on any atom is -0.00493 e. The third kappa shape index (κ3) is 2.85. The van der Waals surface area contributed by atoms with Crippen LogP contribution in [0.5, 0.6) is 0 Å². The highest BCUT2D eigenvalue weighted by atomic mass is 14.8. The van der Waals surface area contributed by atoms with Crippen molar-refractivity contribution in [3.8, 4) is 0 Å². The smallest absolute Gasteiger partial charge is 0.00493 e. The molecular weight excluding hydrogens is 194 g/mol. The molecule has 1 aromatic carbocycles. The topological polar surface area (TPSA) is 12.0 Å². The maximum atomic E-state index is 3.23. The summed E-state index contributed by atoms with van der Waals surface area (Å²) in [6.45, 7) is 3.48. The molecule has 0 saturated heterocycles. The van der Waals surface area contributed by atoms with Gasteiger partial charge in [-0.15, -0.1) is 0 Å². The van der Waals surface area contributed by atoms with Crippen molar-refractivity contribution in [2.24, 2.45) is 5.92 Å². The molecule has 0 fully saturated rings. The molecule has 0 radical (unpaired) electrons. The van der Waals surface area contributed by atoms with Crippen LogP contribution in [0.1, 0.15) is 36.5 Å². The minimum Gasteiger partial charge on any atom is -0.320 e. The van der Waals surface area contributed by atoms with Crippen LogP contribution in [0.15, 0.2) is 18.2 Å². The first-order chi connectivity index (χ1) is 7.79. The summed E-state index contributed by atoms with van der Waals surface area (Å²) in [6.07, 6.45) is 6.45. The van der Waals surface area contributed by atoms with Gasteiger partial charge >= 0.3 is 0 Å². The molecule has 1 nitrogen and oxygen atoms in total. The van der Waals surface area contributed by atoms with Crippen LogP contribution < -0.4 is 5.32 Å². The lowest BCUT2D eigenvalue weighted by atomic mass is 9.96. The molecule has 0 saturated carbocycles.